The van der Waals surface area contributed by atoms with Crippen LogP contribution in [0.15, 0.2) is 224 Å². The van der Waals surface area contributed by atoms with Gasteiger partial charge in [0.1, 0.15) is 0 Å². The molecule has 0 aliphatic heterocycles. The minimum absolute atomic E-state index is 0.0959. The van der Waals surface area contributed by atoms with Crippen molar-refractivity contribution in [1.82, 2.24) is 0 Å². The van der Waals surface area contributed by atoms with E-state index in [0.717, 1.165) is 17.1 Å². The average molecular weight is 822 g/mol. The molecule has 1 aliphatic carbocycles. The summed E-state index contributed by atoms with van der Waals surface area (Å²) in [5.41, 5.74) is 18.5. The zero-order valence-corrected chi connectivity index (χ0v) is 36.0. The van der Waals surface area contributed by atoms with E-state index in [-0.39, 0.29) is 5.41 Å². The predicted molar refractivity (Wildman–Crippen MR) is 271 cm³/mol. The minimum Gasteiger partial charge on any atom is -0.310 e. The molecule has 0 saturated carbocycles. The van der Waals surface area contributed by atoms with Gasteiger partial charge in [-0.05, 0) is 138 Å². The molecule has 63 heavy (non-hydrogen) atoms. The van der Waals surface area contributed by atoms with Gasteiger partial charge in [-0.2, -0.15) is 0 Å². The zero-order chi connectivity index (χ0) is 42.1. The van der Waals surface area contributed by atoms with Gasteiger partial charge in [-0.25, -0.2) is 0 Å². The van der Waals surface area contributed by atoms with Crippen LogP contribution in [0.1, 0.15) is 25.0 Å². The summed E-state index contributed by atoms with van der Waals surface area (Å²) >= 11 is 1.86. The summed E-state index contributed by atoms with van der Waals surface area (Å²) in [5, 5.41) is 5.15. The number of hydrogen-bond donors (Lipinski definition) is 0. The van der Waals surface area contributed by atoms with Crippen molar-refractivity contribution >= 4 is 59.3 Å². The molecule has 1 aliphatic rings. The van der Waals surface area contributed by atoms with Crippen molar-refractivity contribution in [3.63, 3.8) is 0 Å². The van der Waals surface area contributed by atoms with Crippen LogP contribution in [-0.2, 0) is 5.41 Å². The Kier molecular flexibility index (Phi) is 8.77. The van der Waals surface area contributed by atoms with Crippen molar-refractivity contribution in [2.75, 3.05) is 4.90 Å². The second-order valence-corrected chi connectivity index (χ2v) is 18.4. The summed E-state index contributed by atoms with van der Waals surface area (Å²) < 4.78 is 2.65. The van der Waals surface area contributed by atoms with Crippen molar-refractivity contribution in [3.8, 4) is 55.6 Å². The highest BCUT2D eigenvalue weighted by atomic mass is 32.1. The highest BCUT2D eigenvalue weighted by Crippen LogP contribution is 2.52. The molecule has 0 N–H and O–H groups in total. The van der Waals surface area contributed by atoms with Crippen molar-refractivity contribution in [2.24, 2.45) is 0 Å². The molecular formula is C61H43NS. The molecule has 0 radical (unpaired) electrons. The fraction of sp³-hybridized carbons (Fsp3) is 0.0492. The third kappa shape index (κ3) is 6.29. The lowest BCUT2D eigenvalue weighted by Crippen LogP contribution is -2.16. The smallest absolute Gasteiger partial charge is 0.0467 e. The van der Waals surface area contributed by atoms with Gasteiger partial charge in [0.25, 0.3) is 0 Å². The van der Waals surface area contributed by atoms with Gasteiger partial charge in [-0.1, -0.05) is 178 Å². The predicted octanol–water partition coefficient (Wildman–Crippen LogP) is 17.7. The number of anilines is 3. The van der Waals surface area contributed by atoms with Gasteiger partial charge in [0.2, 0.25) is 0 Å². The number of nitrogens with zero attached hydrogens (tertiary/aromatic N) is 1. The first-order chi connectivity index (χ1) is 31.0. The van der Waals surface area contributed by atoms with E-state index in [2.05, 4.69) is 243 Å². The Bertz CT molecular complexity index is 3530. The van der Waals surface area contributed by atoms with Crippen LogP contribution < -0.4 is 4.90 Å². The van der Waals surface area contributed by atoms with E-state index in [1.165, 1.54) is 97.7 Å². The average Bonchev–Trinajstić information content (AvgIpc) is 3.83. The van der Waals surface area contributed by atoms with Crippen LogP contribution in [-0.4, -0.2) is 0 Å². The molecule has 0 amide bonds. The Morgan fingerprint density at radius 1 is 0.333 bits per heavy atom. The van der Waals surface area contributed by atoms with E-state index in [9.17, 15) is 0 Å². The van der Waals surface area contributed by atoms with Gasteiger partial charge in [-0.15, -0.1) is 11.3 Å². The third-order valence-corrected chi connectivity index (χ3v) is 14.4. The second-order valence-electron chi connectivity index (χ2n) is 17.3. The quantitative estimate of drug-likeness (QED) is 0.155. The highest BCUT2D eigenvalue weighted by Gasteiger charge is 2.37. The van der Waals surface area contributed by atoms with Crippen molar-refractivity contribution in [1.29, 1.82) is 0 Å². The van der Waals surface area contributed by atoms with Gasteiger partial charge >= 0.3 is 0 Å². The van der Waals surface area contributed by atoms with Crippen LogP contribution in [0.2, 0.25) is 0 Å². The fourth-order valence-electron chi connectivity index (χ4n) is 10.2. The number of rotatable bonds is 7. The molecular weight excluding hydrogens is 779 g/mol. The largest absolute Gasteiger partial charge is 0.310 e. The van der Waals surface area contributed by atoms with E-state index < -0.39 is 0 Å². The molecule has 0 bridgehead atoms. The van der Waals surface area contributed by atoms with Crippen LogP contribution in [0.3, 0.4) is 0 Å². The number of benzene rings is 10. The molecule has 1 nitrogen and oxygen atoms in total. The molecule has 11 aromatic rings. The van der Waals surface area contributed by atoms with Gasteiger partial charge < -0.3 is 4.90 Å². The molecule has 12 rings (SSSR count). The summed E-state index contributed by atoms with van der Waals surface area (Å²) in [6, 6.07) is 82.8. The van der Waals surface area contributed by atoms with E-state index >= 15 is 0 Å². The van der Waals surface area contributed by atoms with Gasteiger partial charge in [0, 0.05) is 42.6 Å². The molecule has 0 spiro atoms. The zero-order valence-electron chi connectivity index (χ0n) is 35.2. The van der Waals surface area contributed by atoms with Crippen LogP contribution in [0.25, 0.3) is 86.6 Å². The molecule has 0 atom stereocenters. The third-order valence-electron chi connectivity index (χ3n) is 13.3. The Balaban J connectivity index is 0.950. The maximum absolute atomic E-state index is 2.40. The molecule has 0 unspecified atom stereocenters. The van der Waals surface area contributed by atoms with E-state index in [4.69, 9.17) is 0 Å². The van der Waals surface area contributed by atoms with Crippen LogP contribution >= 0.6 is 11.3 Å². The normalized spacial score (nSPS) is 12.7. The topological polar surface area (TPSA) is 3.24 Å². The summed E-state index contributed by atoms with van der Waals surface area (Å²) in [7, 11) is 0. The molecule has 1 heterocycles. The second kappa shape index (κ2) is 14.8. The van der Waals surface area contributed by atoms with Crippen LogP contribution in [0, 0.1) is 0 Å². The molecule has 1 aromatic heterocycles. The van der Waals surface area contributed by atoms with E-state index in [1.807, 2.05) is 11.3 Å². The maximum Gasteiger partial charge on any atom is 0.0467 e. The van der Waals surface area contributed by atoms with Gasteiger partial charge in [-0.3, -0.25) is 0 Å². The Labute approximate surface area is 372 Å². The van der Waals surface area contributed by atoms with Crippen LogP contribution in [0.4, 0.5) is 17.1 Å². The molecule has 298 valence electrons. The lowest BCUT2D eigenvalue weighted by molar-refractivity contribution is 0.662. The summed E-state index contributed by atoms with van der Waals surface area (Å²) in [5.74, 6) is 0. The standard InChI is InChI=1S/C61H43NS/c1-61(2)57-25-7-5-20-53(57)55-24-12-23-52(60(55)61)42-29-34-48(35-30-42)62(47-32-27-40(28-33-47)45-31-36-59-56(39-45)54-21-6-8-26-58(54)63-59)49-18-10-16-44(38-49)43-15-9-17-46(37-43)51-22-11-14-41-13-3-4-19-50(41)51/h3-39H,1-2H3. The molecule has 10 aromatic carbocycles. The van der Waals surface area contributed by atoms with Gasteiger partial charge in [0.15, 0.2) is 0 Å². The Morgan fingerprint density at radius 2 is 0.889 bits per heavy atom. The molecule has 0 saturated heterocycles. The summed E-state index contributed by atoms with van der Waals surface area (Å²) in [6.45, 7) is 4.73. The fourth-order valence-corrected chi connectivity index (χ4v) is 11.3. The number of fused-ring (bicyclic) bond motifs is 7. The van der Waals surface area contributed by atoms with Crippen LogP contribution in [0.5, 0.6) is 0 Å². The number of thiophene rings is 1. The number of hydrogen-bond acceptors (Lipinski definition) is 2. The Morgan fingerprint density at radius 3 is 1.73 bits per heavy atom. The first kappa shape index (κ1) is 37.3. The first-order valence-electron chi connectivity index (χ1n) is 21.8. The van der Waals surface area contributed by atoms with Crippen molar-refractivity contribution in [2.45, 2.75) is 19.3 Å². The monoisotopic (exact) mass is 821 g/mol. The minimum atomic E-state index is -0.0959. The maximum atomic E-state index is 2.40. The molecule has 0 fully saturated rings. The lowest BCUT2D eigenvalue weighted by atomic mass is 9.79. The molecule has 2 heteroatoms. The highest BCUT2D eigenvalue weighted by molar-refractivity contribution is 7.25. The SMILES string of the molecule is CC1(C)c2ccccc2-c2cccc(-c3ccc(N(c4ccc(-c5ccc6sc7ccccc7c6c5)cc4)c4cccc(-c5cccc(-c6cccc7ccccc67)c5)c4)cc3)c21. The van der Waals surface area contributed by atoms with Gasteiger partial charge in [0.05, 0.1) is 0 Å². The Hall–Kier alpha value is -7.52. The summed E-state index contributed by atoms with van der Waals surface area (Å²) in [4.78, 5) is 2.40. The van der Waals surface area contributed by atoms with E-state index in [1.54, 1.807) is 0 Å². The van der Waals surface area contributed by atoms with Crippen molar-refractivity contribution in [3.05, 3.63) is 236 Å². The van der Waals surface area contributed by atoms with Crippen molar-refractivity contribution < 1.29 is 0 Å². The van der Waals surface area contributed by atoms with E-state index in [0.29, 0.717) is 0 Å². The summed E-state index contributed by atoms with van der Waals surface area (Å²) in [6.07, 6.45) is 0. The lowest BCUT2D eigenvalue weighted by Gasteiger charge is -2.27. The first-order valence-corrected chi connectivity index (χ1v) is 22.6.